The Morgan fingerprint density at radius 1 is 1.30 bits per heavy atom. The molecule has 1 aromatic carbocycles. The van der Waals surface area contributed by atoms with Crippen molar-refractivity contribution in [2.75, 3.05) is 21.9 Å². The number of hydrogen-bond acceptors (Lipinski definition) is 4. The molecule has 1 aromatic heterocycles. The van der Waals surface area contributed by atoms with E-state index in [2.05, 4.69) is 28.9 Å². The predicted molar refractivity (Wildman–Crippen MR) is 103 cm³/mol. The maximum absolute atomic E-state index is 11.1. The number of nitrogens with zero attached hydrogens (tertiary/aromatic N) is 2. The number of amides is 1. The molecule has 27 heavy (non-hydrogen) atoms. The molecule has 146 valence electrons. The van der Waals surface area contributed by atoms with Gasteiger partial charge in [-0.15, -0.1) is 0 Å². The average Bonchev–Trinajstić information content (AvgIpc) is 2.69. The first kappa shape index (κ1) is 20.1. The van der Waals surface area contributed by atoms with E-state index in [4.69, 9.17) is 10.5 Å². The van der Waals surface area contributed by atoms with Crippen LogP contribution < -0.4 is 31.7 Å². The summed E-state index contributed by atoms with van der Waals surface area (Å²) in [6.07, 6.45) is 4.16. The topological polar surface area (TPSA) is 68.5 Å². The van der Waals surface area contributed by atoms with Gasteiger partial charge in [0.25, 0.3) is 0 Å². The van der Waals surface area contributed by atoms with Crippen LogP contribution in [0.3, 0.4) is 0 Å². The Labute approximate surface area is 171 Å². The molecular weight excluding hydrogens is 453 g/mol. The Bertz CT molecular complexity index is 734. The van der Waals surface area contributed by atoms with Crippen LogP contribution in [0.1, 0.15) is 35.7 Å². The number of piperidine rings is 1. The Morgan fingerprint density at radius 3 is 2.78 bits per heavy atom. The molecule has 1 aliphatic rings. The van der Waals surface area contributed by atoms with Gasteiger partial charge in [-0.1, -0.05) is 0 Å². The zero-order valence-corrected chi connectivity index (χ0v) is 17.9. The fourth-order valence-electron chi connectivity index (χ4n) is 3.31. The van der Waals surface area contributed by atoms with Crippen LogP contribution in [-0.4, -0.2) is 37.7 Å². The Morgan fingerprint density at radius 2 is 2.11 bits per heavy atom. The van der Waals surface area contributed by atoms with E-state index in [1.165, 1.54) is 46.5 Å². The quantitative estimate of drug-likeness (QED) is 0.436. The van der Waals surface area contributed by atoms with E-state index in [-0.39, 0.29) is 0 Å². The normalized spacial score (nSPS) is 17.7. The summed E-state index contributed by atoms with van der Waals surface area (Å²) < 4.78 is 8.62. The summed E-state index contributed by atoms with van der Waals surface area (Å²) in [6.45, 7) is 5.77. The molecule has 1 atom stereocenters. The summed E-state index contributed by atoms with van der Waals surface area (Å²) in [7, 11) is 0. The molecule has 0 aliphatic carbocycles. The van der Waals surface area contributed by atoms with Crippen LogP contribution >= 0.6 is 0 Å². The molecule has 0 radical (unpaired) electrons. The number of alkyl halides is 2. The minimum atomic E-state index is -0.491. The molecule has 0 saturated carbocycles. The van der Waals surface area contributed by atoms with Gasteiger partial charge in [0.05, 0.1) is 5.56 Å². The van der Waals surface area contributed by atoms with Crippen LogP contribution in [0.4, 0.5) is 0 Å². The van der Waals surface area contributed by atoms with Crippen molar-refractivity contribution in [2.24, 2.45) is 11.7 Å². The SMILES string of the molecule is CC[I-]CC1CCCN(Cc2ccc(Oc3ccc(C(N)=O)cn3)cc2)C1. The molecule has 1 amide bonds. The van der Waals surface area contributed by atoms with Crippen LogP contribution in [0, 0.1) is 5.92 Å². The monoisotopic (exact) mass is 480 g/mol. The summed E-state index contributed by atoms with van der Waals surface area (Å²) in [6, 6.07) is 11.5. The van der Waals surface area contributed by atoms with E-state index < -0.39 is 5.91 Å². The number of aromatic nitrogens is 1. The number of primary amides is 1. The van der Waals surface area contributed by atoms with Gasteiger partial charge in [0, 0.05) is 6.20 Å². The Hall–Kier alpha value is -1.67. The van der Waals surface area contributed by atoms with Crippen molar-refractivity contribution in [3.63, 3.8) is 0 Å². The van der Waals surface area contributed by atoms with Crippen molar-refractivity contribution in [1.82, 2.24) is 9.88 Å². The van der Waals surface area contributed by atoms with E-state index in [0.29, 0.717) is 32.6 Å². The van der Waals surface area contributed by atoms with Crippen LogP contribution in [0.15, 0.2) is 42.6 Å². The number of rotatable bonds is 8. The molecule has 2 N–H and O–H groups in total. The molecule has 1 saturated heterocycles. The number of hydrogen-bond donors (Lipinski definition) is 1. The van der Waals surface area contributed by atoms with Gasteiger partial charge in [0.2, 0.25) is 5.91 Å². The first-order valence-electron chi connectivity index (χ1n) is 9.42. The summed E-state index contributed by atoms with van der Waals surface area (Å²) in [5.41, 5.74) is 6.90. The molecule has 0 spiro atoms. The molecule has 1 aliphatic heterocycles. The molecule has 1 unspecified atom stereocenters. The third-order valence-corrected chi connectivity index (χ3v) is 7.64. The first-order chi connectivity index (χ1) is 13.1. The van der Waals surface area contributed by atoms with Gasteiger partial charge >= 0.3 is 138 Å². The number of nitrogens with two attached hydrogens (primary N) is 1. The van der Waals surface area contributed by atoms with Gasteiger partial charge in [-0.05, 0) is 6.07 Å². The molecular formula is C21H27IN3O2-. The standard InChI is InChI=1S/C21H27IN3O2/c1-2-22-12-17-4-3-11-25(15-17)14-16-5-8-19(9-6-16)27-20-10-7-18(13-24-20)21(23)26/h5-10,13,17H,2-4,11-12,14-15H2,1H3,(H2,23,26)/q-1. The van der Waals surface area contributed by atoms with Gasteiger partial charge < -0.3 is 5.73 Å². The average molecular weight is 480 g/mol. The number of pyridine rings is 1. The van der Waals surface area contributed by atoms with E-state index >= 15 is 0 Å². The molecule has 6 heteroatoms. The molecule has 5 nitrogen and oxygen atoms in total. The van der Waals surface area contributed by atoms with Crippen LogP contribution in [0.2, 0.25) is 0 Å². The van der Waals surface area contributed by atoms with Crippen molar-refractivity contribution in [3.05, 3.63) is 53.7 Å². The van der Waals surface area contributed by atoms with Gasteiger partial charge in [-0.3, -0.25) is 4.79 Å². The van der Waals surface area contributed by atoms with Crippen LogP contribution in [0.5, 0.6) is 11.6 Å². The predicted octanol–water partition coefficient (Wildman–Crippen LogP) is 0.294. The Kier molecular flexibility index (Phi) is 7.46. The van der Waals surface area contributed by atoms with Gasteiger partial charge in [-0.25, -0.2) is 0 Å². The van der Waals surface area contributed by atoms with Gasteiger partial charge in [0.15, 0.2) is 0 Å². The van der Waals surface area contributed by atoms with Crippen LogP contribution in [-0.2, 0) is 6.54 Å². The fraction of sp³-hybridized carbons (Fsp3) is 0.429. The first-order valence-corrected chi connectivity index (χ1v) is 12.5. The number of carbonyl (C=O) groups excluding carboxylic acids is 1. The summed E-state index contributed by atoms with van der Waals surface area (Å²) >= 11 is 0.413. The number of carbonyl (C=O) groups is 1. The molecule has 2 aromatic rings. The van der Waals surface area contributed by atoms with Crippen molar-refractivity contribution < 1.29 is 30.7 Å². The second-order valence-corrected chi connectivity index (χ2v) is 10.3. The van der Waals surface area contributed by atoms with Gasteiger partial charge in [0.1, 0.15) is 0 Å². The van der Waals surface area contributed by atoms with Gasteiger partial charge in [-0.2, -0.15) is 0 Å². The van der Waals surface area contributed by atoms with Crippen molar-refractivity contribution in [1.29, 1.82) is 0 Å². The minimum absolute atomic E-state index is 0.374. The second kappa shape index (κ2) is 10.0. The van der Waals surface area contributed by atoms with Crippen molar-refractivity contribution in [3.8, 4) is 11.6 Å². The number of benzene rings is 1. The third-order valence-electron chi connectivity index (χ3n) is 4.69. The summed E-state index contributed by atoms with van der Waals surface area (Å²) in [4.78, 5) is 17.8. The molecule has 2 heterocycles. The van der Waals surface area contributed by atoms with E-state index in [9.17, 15) is 4.79 Å². The Balaban J connectivity index is 1.53. The third kappa shape index (κ3) is 6.17. The second-order valence-electron chi connectivity index (χ2n) is 6.85. The van der Waals surface area contributed by atoms with E-state index in [0.717, 1.165) is 18.2 Å². The summed E-state index contributed by atoms with van der Waals surface area (Å²) in [5, 5.41) is 0. The van der Waals surface area contributed by atoms with E-state index in [1.54, 1.807) is 12.1 Å². The molecule has 1 fully saturated rings. The molecule has 3 rings (SSSR count). The zero-order chi connectivity index (χ0) is 19.1. The zero-order valence-electron chi connectivity index (χ0n) is 15.7. The summed E-state index contributed by atoms with van der Waals surface area (Å²) in [5.74, 6) is 1.60. The number of ether oxygens (including phenoxy) is 1. The fourth-order valence-corrected chi connectivity index (χ4v) is 5.54. The molecule has 0 bridgehead atoms. The van der Waals surface area contributed by atoms with Crippen molar-refractivity contribution >= 4 is 5.91 Å². The number of likely N-dealkylation sites (tertiary alicyclic amines) is 1. The maximum atomic E-state index is 11.1. The number of halogens is 1. The van der Waals surface area contributed by atoms with Crippen LogP contribution in [0.25, 0.3) is 0 Å². The van der Waals surface area contributed by atoms with E-state index in [1.807, 2.05) is 12.1 Å². The van der Waals surface area contributed by atoms with Crippen molar-refractivity contribution in [2.45, 2.75) is 26.3 Å².